The summed E-state index contributed by atoms with van der Waals surface area (Å²) in [6.07, 6.45) is 0. The Morgan fingerprint density at radius 2 is 1.69 bits per heavy atom. The second kappa shape index (κ2) is 7.87. The van der Waals surface area contributed by atoms with E-state index in [1.165, 1.54) is 6.07 Å². The number of anilines is 1. The Morgan fingerprint density at radius 1 is 1.08 bits per heavy atom. The first kappa shape index (κ1) is 19.0. The number of hydrogen-bond donors (Lipinski definition) is 1. The van der Waals surface area contributed by atoms with E-state index in [1.807, 2.05) is 30.3 Å². The Balaban J connectivity index is 2.10. The predicted molar refractivity (Wildman–Crippen MR) is 111 cm³/mol. The molecule has 0 fully saturated rings. The van der Waals surface area contributed by atoms with Crippen LogP contribution in [0, 0.1) is 22.1 Å². The van der Waals surface area contributed by atoms with Gasteiger partial charge in [-0.15, -0.1) is 0 Å². The summed E-state index contributed by atoms with van der Waals surface area (Å²) in [4.78, 5) is 12.8. The molecule has 0 saturated carbocycles. The van der Waals surface area contributed by atoms with Gasteiger partial charge in [-0.05, 0) is 63.1 Å². The van der Waals surface area contributed by atoms with E-state index in [0.717, 1.165) is 22.3 Å². The lowest BCUT2D eigenvalue weighted by Gasteiger charge is -2.18. The SMILES string of the molecule is Cc1c(I)c(NCc2ccccc2)c(Br)c(=O)n1-c1c(F)cccc1F. The standard InChI is InChI=1S/C19H14BrF2IN2O/c1-11-16(23)17(24-10-12-6-3-2-4-7-12)15(20)19(26)25(11)18-13(21)8-5-9-14(18)22/h2-9,24H,10H2,1H3. The van der Waals surface area contributed by atoms with Crippen LogP contribution in [0.3, 0.4) is 0 Å². The van der Waals surface area contributed by atoms with Crippen molar-refractivity contribution < 1.29 is 8.78 Å². The van der Waals surface area contributed by atoms with Gasteiger partial charge in [0.05, 0.1) is 9.26 Å². The highest BCUT2D eigenvalue weighted by atomic mass is 127. The van der Waals surface area contributed by atoms with Crippen molar-refractivity contribution >= 4 is 44.2 Å². The maximum Gasteiger partial charge on any atom is 0.271 e. The number of nitrogens with one attached hydrogen (secondary N) is 1. The summed E-state index contributed by atoms with van der Waals surface area (Å²) < 4.78 is 30.4. The van der Waals surface area contributed by atoms with Gasteiger partial charge in [-0.1, -0.05) is 36.4 Å². The molecule has 0 radical (unpaired) electrons. The molecule has 0 atom stereocenters. The Bertz CT molecular complexity index is 1000. The molecule has 0 unspecified atom stereocenters. The van der Waals surface area contributed by atoms with Crippen LogP contribution >= 0.6 is 38.5 Å². The first-order valence-electron chi connectivity index (χ1n) is 7.74. The zero-order chi connectivity index (χ0) is 18.8. The van der Waals surface area contributed by atoms with Crippen LogP contribution in [0.5, 0.6) is 0 Å². The lowest BCUT2D eigenvalue weighted by Crippen LogP contribution is -2.26. The average molecular weight is 531 g/mol. The minimum atomic E-state index is -0.789. The quantitative estimate of drug-likeness (QED) is 0.458. The Labute approximate surface area is 171 Å². The van der Waals surface area contributed by atoms with Crippen LogP contribution in [0.15, 0.2) is 57.8 Å². The number of nitrogens with zero attached hydrogens (tertiary/aromatic N) is 1. The highest BCUT2D eigenvalue weighted by Gasteiger charge is 2.21. The van der Waals surface area contributed by atoms with Crippen molar-refractivity contribution in [2.75, 3.05) is 5.32 Å². The molecule has 0 amide bonds. The number of aromatic nitrogens is 1. The van der Waals surface area contributed by atoms with Gasteiger partial charge >= 0.3 is 0 Å². The molecule has 26 heavy (non-hydrogen) atoms. The molecule has 0 aliphatic rings. The summed E-state index contributed by atoms with van der Waals surface area (Å²) in [5.41, 5.74) is 1.21. The maximum atomic E-state index is 14.2. The summed E-state index contributed by atoms with van der Waals surface area (Å²) >= 11 is 5.36. The third kappa shape index (κ3) is 3.55. The number of hydrogen-bond acceptors (Lipinski definition) is 2. The second-order valence-electron chi connectivity index (χ2n) is 5.64. The van der Waals surface area contributed by atoms with E-state index in [1.54, 1.807) is 6.92 Å². The number of benzene rings is 2. The molecule has 134 valence electrons. The lowest BCUT2D eigenvalue weighted by atomic mass is 10.2. The van der Waals surface area contributed by atoms with Crippen LogP contribution in [-0.2, 0) is 6.54 Å². The summed E-state index contributed by atoms with van der Waals surface area (Å²) in [5.74, 6) is -1.58. The molecule has 0 aliphatic carbocycles. The molecule has 1 heterocycles. The van der Waals surface area contributed by atoms with Crippen LogP contribution in [0.2, 0.25) is 0 Å². The summed E-state index contributed by atoms with van der Waals surface area (Å²) in [5, 5.41) is 3.23. The average Bonchev–Trinajstić information content (AvgIpc) is 2.63. The number of halogens is 4. The number of para-hydroxylation sites is 1. The molecule has 3 rings (SSSR count). The maximum absolute atomic E-state index is 14.2. The monoisotopic (exact) mass is 530 g/mol. The van der Waals surface area contributed by atoms with Crippen molar-refractivity contribution in [3.8, 4) is 5.69 Å². The van der Waals surface area contributed by atoms with Gasteiger partial charge in [0.25, 0.3) is 5.56 Å². The third-order valence-electron chi connectivity index (χ3n) is 3.96. The van der Waals surface area contributed by atoms with Crippen LogP contribution in [0.4, 0.5) is 14.5 Å². The molecule has 2 aromatic carbocycles. The van der Waals surface area contributed by atoms with Gasteiger partial charge in [0.1, 0.15) is 21.8 Å². The van der Waals surface area contributed by atoms with Crippen molar-refractivity contribution in [1.82, 2.24) is 4.57 Å². The fraction of sp³-hybridized carbons (Fsp3) is 0.105. The second-order valence-corrected chi connectivity index (χ2v) is 7.51. The molecule has 0 spiro atoms. The molecule has 7 heteroatoms. The van der Waals surface area contributed by atoms with Crippen LogP contribution < -0.4 is 10.9 Å². The lowest BCUT2D eigenvalue weighted by molar-refractivity contribution is 0.564. The molecular formula is C19H14BrF2IN2O. The van der Waals surface area contributed by atoms with Crippen LogP contribution in [0.25, 0.3) is 5.69 Å². The van der Waals surface area contributed by atoms with Crippen molar-refractivity contribution in [1.29, 1.82) is 0 Å². The fourth-order valence-corrected chi connectivity index (χ4v) is 4.23. The van der Waals surface area contributed by atoms with E-state index >= 15 is 0 Å². The van der Waals surface area contributed by atoms with Crippen molar-refractivity contribution in [2.45, 2.75) is 13.5 Å². The summed E-state index contributed by atoms with van der Waals surface area (Å²) in [6, 6.07) is 13.3. The zero-order valence-electron chi connectivity index (χ0n) is 13.7. The molecule has 0 saturated heterocycles. The largest absolute Gasteiger partial charge is 0.379 e. The molecule has 0 bridgehead atoms. The molecule has 1 aromatic heterocycles. The van der Waals surface area contributed by atoms with Crippen molar-refractivity contribution in [3.05, 3.63) is 89.8 Å². The van der Waals surface area contributed by atoms with E-state index in [2.05, 4.69) is 43.8 Å². The van der Waals surface area contributed by atoms with Gasteiger partial charge in [-0.25, -0.2) is 8.78 Å². The van der Waals surface area contributed by atoms with E-state index in [-0.39, 0.29) is 10.2 Å². The fourth-order valence-electron chi connectivity index (χ4n) is 2.65. The predicted octanol–water partition coefficient (Wildman–Crippen LogP) is 5.40. The van der Waals surface area contributed by atoms with E-state index in [4.69, 9.17) is 0 Å². The van der Waals surface area contributed by atoms with Gasteiger partial charge in [-0.2, -0.15) is 0 Å². The topological polar surface area (TPSA) is 34.0 Å². The molecule has 3 nitrogen and oxygen atoms in total. The molecular weight excluding hydrogens is 517 g/mol. The van der Waals surface area contributed by atoms with Crippen molar-refractivity contribution in [2.24, 2.45) is 0 Å². The Morgan fingerprint density at radius 3 is 2.31 bits per heavy atom. The first-order valence-corrected chi connectivity index (χ1v) is 9.61. The van der Waals surface area contributed by atoms with Gasteiger partial charge in [0, 0.05) is 12.2 Å². The van der Waals surface area contributed by atoms with E-state index in [0.29, 0.717) is 21.5 Å². The van der Waals surface area contributed by atoms with Gasteiger partial charge in [0.2, 0.25) is 0 Å². The molecule has 3 aromatic rings. The van der Waals surface area contributed by atoms with Gasteiger partial charge in [-0.3, -0.25) is 9.36 Å². The number of pyridine rings is 1. The summed E-state index contributed by atoms with van der Waals surface area (Å²) in [6.45, 7) is 2.18. The Hall–Kier alpha value is -1.74. The van der Waals surface area contributed by atoms with E-state index < -0.39 is 17.2 Å². The highest BCUT2D eigenvalue weighted by Crippen LogP contribution is 2.30. The van der Waals surface area contributed by atoms with Gasteiger partial charge < -0.3 is 5.32 Å². The smallest absolute Gasteiger partial charge is 0.271 e. The highest BCUT2D eigenvalue weighted by molar-refractivity contribution is 14.1. The van der Waals surface area contributed by atoms with Gasteiger partial charge in [0.15, 0.2) is 0 Å². The Kier molecular flexibility index (Phi) is 5.76. The minimum Gasteiger partial charge on any atom is -0.379 e. The third-order valence-corrected chi connectivity index (χ3v) is 6.01. The van der Waals surface area contributed by atoms with Crippen molar-refractivity contribution in [3.63, 3.8) is 0 Å². The summed E-state index contributed by atoms with van der Waals surface area (Å²) in [7, 11) is 0. The normalized spacial score (nSPS) is 10.8. The van der Waals surface area contributed by atoms with E-state index in [9.17, 15) is 13.6 Å². The number of rotatable bonds is 4. The van der Waals surface area contributed by atoms with Crippen LogP contribution in [0.1, 0.15) is 11.3 Å². The molecule has 1 N–H and O–H groups in total. The van der Waals surface area contributed by atoms with Crippen LogP contribution in [-0.4, -0.2) is 4.57 Å². The molecule has 0 aliphatic heterocycles. The zero-order valence-corrected chi connectivity index (χ0v) is 17.4. The first-order chi connectivity index (χ1) is 12.4. The minimum absolute atomic E-state index is 0.228.